The predicted molar refractivity (Wildman–Crippen MR) is 95.9 cm³/mol. The summed E-state index contributed by atoms with van der Waals surface area (Å²) < 4.78 is 19.1. The third-order valence-electron chi connectivity index (χ3n) is 5.46. The Morgan fingerprint density at radius 3 is 2.62 bits per heavy atom. The minimum absolute atomic E-state index is 0.0238. The second kappa shape index (κ2) is 7.16. The van der Waals surface area contributed by atoms with Crippen LogP contribution < -0.4 is 5.32 Å². The van der Waals surface area contributed by atoms with Crippen molar-refractivity contribution in [1.29, 1.82) is 0 Å². The molecule has 1 saturated carbocycles. The summed E-state index contributed by atoms with van der Waals surface area (Å²) in [6.07, 6.45) is 7.65. The van der Waals surface area contributed by atoms with Crippen molar-refractivity contribution in [2.24, 2.45) is 5.41 Å². The van der Waals surface area contributed by atoms with Crippen molar-refractivity contribution < 1.29 is 13.9 Å². The van der Waals surface area contributed by atoms with Crippen LogP contribution in [-0.4, -0.2) is 23.5 Å². The number of hydrogen-bond acceptors (Lipinski definition) is 3. The Kier molecular flexibility index (Phi) is 4.72. The number of halogens is 1. The summed E-state index contributed by atoms with van der Waals surface area (Å²) in [6.45, 7) is 0.708. The van der Waals surface area contributed by atoms with Crippen molar-refractivity contribution in [3.8, 4) is 0 Å². The van der Waals surface area contributed by atoms with E-state index in [1.54, 1.807) is 24.5 Å². The number of nitrogens with one attached hydrogen (secondary N) is 1. The maximum absolute atomic E-state index is 13.1. The number of hydrogen-bond donors (Lipinski definition) is 1. The van der Waals surface area contributed by atoms with E-state index in [0.717, 1.165) is 36.8 Å². The molecule has 2 aromatic rings. The van der Waals surface area contributed by atoms with Crippen molar-refractivity contribution in [2.75, 3.05) is 6.61 Å². The first-order valence-corrected chi connectivity index (χ1v) is 9.23. The summed E-state index contributed by atoms with van der Waals surface area (Å²) >= 11 is 0. The van der Waals surface area contributed by atoms with Crippen molar-refractivity contribution in [2.45, 2.75) is 44.2 Å². The quantitative estimate of drug-likeness (QED) is 0.893. The number of pyridine rings is 1. The zero-order valence-electron chi connectivity index (χ0n) is 14.7. The molecular weight excluding hydrogens is 331 g/mol. The van der Waals surface area contributed by atoms with Crippen LogP contribution in [0.4, 0.5) is 4.39 Å². The minimum atomic E-state index is -0.349. The summed E-state index contributed by atoms with van der Waals surface area (Å²) in [6, 6.07) is 10.3. The van der Waals surface area contributed by atoms with Gasteiger partial charge in [0.05, 0.1) is 11.5 Å². The lowest BCUT2D eigenvalue weighted by atomic mass is 9.92. The van der Waals surface area contributed by atoms with Gasteiger partial charge in [-0.15, -0.1) is 0 Å². The summed E-state index contributed by atoms with van der Waals surface area (Å²) in [7, 11) is 0. The molecule has 4 rings (SSSR count). The molecule has 0 unspecified atom stereocenters. The monoisotopic (exact) mass is 354 g/mol. The largest absolute Gasteiger partial charge is 0.371 e. The smallest absolute Gasteiger partial charge is 0.226 e. The van der Waals surface area contributed by atoms with Crippen LogP contribution in [0.2, 0.25) is 0 Å². The highest BCUT2D eigenvalue weighted by Gasteiger charge is 2.50. The highest BCUT2D eigenvalue weighted by molar-refractivity contribution is 5.86. The van der Waals surface area contributed by atoms with Gasteiger partial charge in [0.25, 0.3) is 0 Å². The summed E-state index contributed by atoms with van der Waals surface area (Å²) in [5.41, 5.74) is 1.70. The summed E-state index contributed by atoms with van der Waals surface area (Å²) in [5.74, 6) is -0.154. The second-order valence-corrected chi connectivity index (χ2v) is 7.38. The van der Waals surface area contributed by atoms with Gasteiger partial charge in [-0.3, -0.25) is 9.78 Å². The molecule has 0 radical (unpaired) electrons. The lowest BCUT2D eigenvalue weighted by Gasteiger charge is -2.33. The predicted octanol–water partition coefficient (Wildman–Crippen LogP) is 3.58. The molecule has 2 heterocycles. The van der Waals surface area contributed by atoms with Crippen molar-refractivity contribution in [3.63, 3.8) is 0 Å². The average Bonchev–Trinajstić information content (AvgIpc) is 3.46. The molecule has 26 heavy (non-hydrogen) atoms. The van der Waals surface area contributed by atoms with Gasteiger partial charge in [0, 0.05) is 19.0 Å². The molecule has 2 fully saturated rings. The Hall–Kier alpha value is -2.27. The van der Waals surface area contributed by atoms with Crippen molar-refractivity contribution in [1.82, 2.24) is 10.3 Å². The van der Waals surface area contributed by atoms with E-state index in [9.17, 15) is 9.18 Å². The highest BCUT2D eigenvalue weighted by atomic mass is 19.1. The zero-order chi connectivity index (χ0) is 18.0. The Bertz CT molecular complexity index is 759. The van der Waals surface area contributed by atoms with E-state index in [1.165, 1.54) is 12.1 Å². The first kappa shape index (κ1) is 17.2. The van der Waals surface area contributed by atoms with E-state index in [4.69, 9.17) is 4.74 Å². The molecule has 1 N–H and O–H groups in total. The van der Waals surface area contributed by atoms with E-state index in [1.807, 2.05) is 12.1 Å². The van der Waals surface area contributed by atoms with E-state index < -0.39 is 0 Å². The molecule has 2 aliphatic rings. The van der Waals surface area contributed by atoms with Crippen LogP contribution in [0.1, 0.15) is 42.9 Å². The van der Waals surface area contributed by atoms with Crippen LogP contribution >= 0.6 is 0 Å². The molecular formula is C21H23FN2O2. The van der Waals surface area contributed by atoms with Crippen LogP contribution in [0.5, 0.6) is 0 Å². The SMILES string of the molecule is O=C(N[C@H]1CCCO[C@@H]1c1ccncc1)C1(Cc2ccc(F)cc2)CC1. The standard InChI is InChI=1S/C21H23FN2O2/c22-17-5-3-15(4-6-17)14-21(9-10-21)20(25)24-18-2-1-13-26-19(18)16-7-11-23-12-8-16/h3-8,11-12,18-19H,1-2,9-10,13-14H2,(H,24,25)/t18-,19+/m0/s1. The van der Waals surface area contributed by atoms with E-state index in [2.05, 4.69) is 10.3 Å². The third kappa shape index (κ3) is 3.63. The number of carbonyl (C=O) groups excluding carboxylic acids is 1. The van der Waals surface area contributed by atoms with E-state index in [0.29, 0.717) is 13.0 Å². The first-order chi connectivity index (χ1) is 12.7. The molecule has 4 nitrogen and oxygen atoms in total. The number of carbonyl (C=O) groups is 1. The zero-order valence-corrected chi connectivity index (χ0v) is 14.7. The lowest BCUT2D eigenvalue weighted by Crippen LogP contribution is -2.46. The fraction of sp³-hybridized carbons (Fsp3) is 0.429. The van der Waals surface area contributed by atoms with E-state index in [-0.39, 0.29) is 29.3 Å². The molecule has 1 aliphatic carbocycles. The maximum Gasteiger partial charge on any atom is 0.226 e. The van der Waals surface area contributed by atoms with Crippen molar-refractivity contribution >= 4 is 5.91 Å². The molecule has 1 aliphatic heterocycles. The Morgan fingerprint density at radius 2 is 1.92 bits per heavy atom. The number of amides is 1. The normalized spacial score (nSPS) is 24.0. The van der Waals surface area contributed by atoms with Crippen molar-refractivity contribution in [3.05, 3.63) is 65.7 Å². The van der Waals surface area contributed by atoms with Crippen LogP contribution in [-0.2, 0) is 16.0 Å². The maximum atomic E-state index is 13.1. The fourth-order valence-electron chi connectivity index (χ4n) is 3.76. The van der Waals surface area contributed by atoms with Gasteiger partial charge in [0.15, 0.2) is 0 Å². The number of ether oxygens (including phenoxy) is 1. The van der Waals surface area contributed by atoms with Gasteiger partial charge < -0.3 is 10.1 Å². The average molecular weight is 354 g/mol. The molecule has 0 bridgehead atoms. The lowest BCUT2D eigenvalue weighted by molar-refractivity contribution is -0.129. The van der Waals surface area contributed by atoms with Gasteiger partial charge >= 0.3 is 0 Å². The molecule has 1 amide bonds. The molecule has 5 heteroatoms. The Balaban J connectivity index is 1.45. The molecule has 0 spiro atoms. The first-order valence-electron chi connectivity index (χ1n) is 9.23. The van der Waals surface area contributed by atoms with Crippen LogP contribution in [0.3, 0.4) is 0 Å². The molecule has 136 valence electrons. The molecule has 2 atom stereocenters. The number of aromatic nitrogens is 1. The fourth-order valence-corrected chi connectivity index (χ4v) is 3.76. The number of nitrogens with zero attached hydrogens (tertiary/aromatic N) is 1. The second-order valence-electron chi connectivity index (χ2n) is 7.38. The van der Waals surface area contributed by atoms with Gasteiger partial charge in [-0.25, -0.2) is 4.39 Å². The minimum Gasteiger partial charge on any atom is -0.371 e. The van der Waals surface area contributed by atoms with Crippen LogP contribution in [0.25, 0.3) is 0 Å². The summed E-state index contributed by atoms with van der Waals surface area (Å²) in [4.78, 5) is 17.0. The number of benzene rings is 1. The Morgan fingerprint density at radius 1 is 1.19 bits per heavy atom. The summed E-state index contributed by atoms with van der Waals surface area (Å²) in [5, 5.41) is 3.24. The molecule has 1 aromatic heterocycles. The van der Waals surface area contributed by atoms with Gasteiger partial charge in [0.1, 0.15) is 11.9 Å². The van der Waals surface area contributed by atoms with Crippen LogP contribution in [0, 0.1) is 11.2 Å². The van der Waals surface area contributed by atoms with E-state index >= 15 is 0 Å². The third-order valence-corrected chi connectivity index (χ3v) is 5.46. The van der Waals surface area contributed by atoms with Gasteiger partial charge in [-0.2, -0.15) is 0 Å². The van der Waals surface area contributed by atoms with Gasteiger partial charge in [-0.05, 0) is 67.5 Å². The van der Waals surface area contributed by atoms with Crippen LogP contribution in [0.15, 0.2) is 48.8 Å². The topological polar surface area (TPSA) is 51.2 Å². The molecule has 1 saturated heterocycles. The Labute approximate surface area is 152 Å². The molecule has 1 aromatic carbocycles. The number of rotatable bonds is 5. The van der Waals surface area contributed by atoms with Gasteiger partial charge in [0.2, 0.25) is 5.91 Å². The van der Waals surface area contributed by atoms with Gasteiger partial charge in [-0.1, -0.05) is 12.1 Å². The highest BCUT2D eigenvalue weighted by Crippen LogP contribution is 2.49.